The number of aliphatic hydroxyl groups is 1. The van der Waals surface area contributed by atoms with Crippen LogP contribution in [0.2, 0.25) is 0 Å². The summed E-state index contributed by atoms with van der Waals surface area (Å²) in [5.41, 5.74) is 2.59. The Bertz CT molecular complexity index is 350. The van der Waals surface area contributed by atoms with Crippen molar-refractivity contribution in [2.24, 2.45) is 0 Å². The molecule has 1 aromatic rings. The van der Waals surface area contributed by atoms with Crippen LogP contribution in [0.4, 0.5) is 0 Å². The molecule has 1 saturated carbocycles. The van der Waals surface area contributed by atoms with Gasteiger partial charge in [0.15, 0.2) is 0 Å². The van der Waals surface area contributed by atoms with Crippen molar-refractivity contribution in [3.8, 4) is 0 Å². The zero-order valence-corrected chi connectivity index (χ0v) is 10.1. The fourth-order valence-electron chi connectivity index (χ4n) is 2.49. The van der Waals surface area contributed by atoms with Crippen LogP contribution in [0.5, 0.6) is 0 Å². The largest absolute Gasteiger partial charge is 0.392 e. The van der Waals surface area contributed by atoms with Crippen molar-refractivity contribution in [2.75, 3.05) is 0 Å². The molecule has 2 heteroatoms. The van der Waals surface area contributed by atoms with Gasteiger partial charge in [0.2, 0.25) is 0 Å². The number of aliphatic hydroxyl groups excluding tert-OH is 1. The molecule has 1 aromatic carbocycles. The second-order valence-electron chi connectivity index (χ2n) is 4.91. The Hall–Kier alpha value is -0.860. The summed E-state index contributed by atoms with van der Waals surface area (Å²) in [4.78, 5) is 0. The zero-order valence-electron chi connectivity index (χ0n) is 10.1. The highest BCUT2D eigenvalue weighted by atomic mass is 16.3. The summed E-state index contributed by atoms with van der Waals surface area (Å²) < 4.78 is 0. The SMILES string of the molecule is Cc1cccc([C@@H](C)N[C@@H]2CCC[C@H]2O)c1. The summed E-state index contributed by atoms with van der Waals surface area (Å²) >= 11 is 0. The van der Waals surface area contributed by atoms with Gasteiger partial charge in [0.25, 0.3) is 0 Å². The van der Waals surface area contributed by atoms with Gasteiger partial charge in [-0.3, -0.25) is 0 Å². The molecule has 16 heavy (non-hydrogen) atoms. The molecule has 0 bridgehead atoms. The molecule has 0 unspecified atom stereocenters. The van der Waals surface area contributed by atoms with E-state index in [0.29, 0.717) is 6.04 Å². The lowest BCUT2D eigenvalue weighted by molar-refractivity contribution is 0.144. The first-order chi connectivity index (χ1) is 7.66. The summed E-state index contributed by atoms with van der Waals surface area (Å²) in [7, 11) is 0. The van der Waals surface area contributed by atoms with E-state index >= 15 is 0 Å². The maximum absolute atomic E-state index is 9.78. The first-order valence-corrected chi connectivity index (χ1v) is 6.17. The van der Waals surface area contributed by atoms with Crippen LogP contribution in [0, 0.1) is 6.92 Å². The van der Waals surface area contributed by atoms with E-state index in [4.69, 9.17) is 0 Å². The minimum atomic E-state index is -0.160. The molecule has 0 aromatic heterocycles. The number of hydrogen-bond acceptors (Lipinski definition) is 2. The van der Waals surface area contributed by atoms with Gasteiger partial charge in [-0.15, -0.1) is 0 Å². The van der Waals surface area contributed by atoms with Gasteiger partial charge in [-0.05, 0) is 38.7 Å². The highest BCUT2D eigenvalue weighted by Crippen LogP contribution is 2.22. The van der Waals surface area contributed by atoms with Crippen LogP contribution in [0.25, 0.3) is 0 Å². The van der Waals surface area contributed by atoms with Crippen LogP contribution in [-0.4, -0.2) is 17.3 Å². The van der Waals surface area contributed by atoms with Crippen LogP contribution in [-0.2, 0) is 0 Å². The van der Waals surface area contributed by atoms with Crippen molar-refractivity contribution < 1.29 is 5.11 Å². The van der Waals surface area contributed by atoms with Gasteiger partial charge in [0, 0.05) is 12.1 Å². The van der Waals surface area contributed by atoms with Crippen molar-refractivity contribution in [1.29, 1.82) is 0 Å². The molecular formula is C14H21NO. The minimum Gasteiger partial charge on any atom is -0.392 e. The van der Waals surface area contributed by atoms with Crippen molar-refractivity contribution in [2.45, 2.75) is 51.3 Å². The number of rotatable bonds is 3. The molecule has 0 radical (unpaired) electrons. The maximum Gasteiger partial charge on any atom is 0.0693 e. The summed E-state index contributed by atoms with van der Waals surface area (Å²) in [6, 6.07) is 9.15. The molecule has 1 aliphatic rings. The Morgan fingerprint density at radius 3 is 2.81 bits per heavy atom. The third-order valence-electron chi connectivity index (χ3n) is 3.49. The Labute approximate surface area is 97.7 Å². The van der Waals surface area contributed by atoms with E-state index in [-0.39, 0.29) is 12.1 Å². The van der Waals surface area contributed by atoms with Crippen LogP contribution < -0.4 is 5.32 Å². The highest BCUT2D eigenvalue weighted by Gasteiger charge is 2.26. The monoisotopic (exact) mass is 219 g/mol. The number of aryl methyl sites for hydroxylation is 1. The molecule has 88 valence electrons. The molecule has 2 rings (SSSR count). The standard InChI is InChI=1S/C14H21NO/c1-10-5-3-6-12(9-10)11(2)15-13-7-4-8-14(13)16/h3,5-6,9,11,13-16H,4,7-8H2,1-2H3/t11-,13-,14-/m1/s1. The van der Waals surface area contributed by atoms with Crippen molar-refractivity contribution >= 4 is 0 Å². The van der Waals surface area contributed by atoms with E-state index < -0.39 is 0 Å². The van der Waals surface area contributed by atoms with Crippen molar-refractivity contribution in [1.82, 2.24) is 5.32 Å². The molecule has 0 aliphatic heterocycles. The van der Waals surface area contributed by atoms with Gasteiger partial charge < -0.3 is 10.4 Å². The molecule has 0 amide bonds. The molecular weight excluding hydrogens is 198 g/mol. The number of nitrogens with one attached hydrogen (secondary N) is 1. The fraction of sp³-hybridized carbons (Fsp3) is 0.571. The van der Waals surface area contributed by atoms with Gasteiger partial charge in [-0.1, -0.05) is 29.8 Å². The Morgan fingerprint density at radius 2 is 2.19 bits per heavy atom. The Balaban J connectivity index is 1.99. The fourth-order valence-corrected chi connectivity index (χ4v) is 2.49. The quantitative estimate of drug-likeness (QED) is 0.819. The minimum absolute atomic E-state index is 0.160. The molecule has 0 spiro atoms. The summed E-state index contributed by atoms with van der Waals surface area (Å²) in [6.07, 6.45) is 3.02. The van der Waals surface area contributed by atoms with E-state index in [0.717, 1.165) is 19.3 Å². The smallest absolute Gasteiger partial charge is 0.0693 e. The lowest BCUT2D eigenvalue weighted by Gasteiger charge is -2.22. The van der Waals surface area contributed by atoms with Gasteiger partial charge in [-0.2, -0.15) is 0 Å². The highest BCUT2D eigenvalue weighted by molar-refractivity contribution is 5.24. The van der Waals surface area contributed by atoms with E-state index in [1.54, 1.807) is 0 Å². The second-order valence-corrected chi connectivity index (χ2v) is 4.91. The van der Waals surface area contributed by atoms with Crippen molar-refractivity contribution in [3.05, 3.63) is 35.4 Å². The van der Waals surface area contributed by atoms with E-state index in [2.05, 4.69) is 43.4 Å². The predicted octanol–water partition coefficient (Wildman–Crippen LogP) is 2.56. The molecule has 0 saturated heterocycles. The van der Waals surface area contributed by atoms with Crippen LogP contribution in [0.15, 0.2) is 24.3 Å². The first kappa shape index (κ1) is 11.6. The lowest BCUT2D eigenvalue weighted by atomic mass is 10.0. The average molecular weight is 219 g/mol. The maximum atomic E-state index is 9.78. The topological polar surface area (TPSA) is 32.3 Å². The molecule has 0 heterocycles. The molecule has 3 atom stereocenters. The number of benzene rings is 1. The van der Waals surface area contributed by atoms with Crippen LogP contribution in [0.3, 0.4) is 0 Å². The molecule has 1 fully saturated rings. The summed E-state index contributed by atoms with van der Waals surface area (Å²) in [5.74, 6) is 0. The third-order valence-corrected chi connectivity index (χ3v) is 3.49. The molecule has 2 N–H and O–H groups in total. The second kappa shape index (κ2) is 4.98. The van der Waals surface area contributed by atoms with Crippen LogP contribution in [0.1, 0.15) is 43.4 Å². The van der Waals surface area contributed by atoms with Gasteiger partial charge in [0.1, 0.15) is 0 Å². The van der Waals surface area contributed by atoms with Gasteiger partial charge in [0.05, 0.1) is 6.10 Å². The van der Waals surface area contributed by atoms with E-state index in [1.807, 2.05) is 0 Å². The first-order valence-electron chi connectivity index (χ1n) is 6.17. The zero-order chi connectivity index (χ0) is 11.5. The average Bonchev–Trinajstić information content (AvgIpc) is 2.64. The molecule has 2 nitrogen and oxygen atoms in total. The lowest BCUT2D eigenvalue weighted by Crippen LogP contribution is -2.37. The van der Waals surface area contributed by atoms with Crippen molar-refractivity contribution in [3.63, 3.8) is 0 Å². The van der Waals surface area contributed by atoms with E-state index in [9.17, 15) is 5.11 Å². The predicted molar refractivity (Wildman–Crippen MR) is 66.4 cm³/mol. The Morgan fingerprint density at radius 1 is 1.38 bits per heavy atom. The normalized spacial score (nSPS) is 26.9. The van der Waals surface area contributed by atoms with E-state index in [1.165, 1.54) is 11.1 Å². The number of hydrogen-bond donors (Lipinski definition) is 2. The summed E-state index contributed by atoms with van der Waals surface area (Å²) in [5, 5.41) is 13.3. The Kier molecular flexibility index (Phi) is 3.62. The van der Waals surface area contributed by atoms with Crippen LogP contribution >= 0.6 is 0 Å². The molecule has 1 aliphatic carbocycles. The summed E-state index contributed by atoms with van der Waals surface area (Å²) in [6.45, 7) is 4.28. The van der Waals surface area contributed by atoms with Gasteiger partial charge >= 0.3 is 0 Å². The third kappa shape index (κ3) is 2.63. The van der Waals surface area contributed by atoms with Gasteiger partial charge in [-0.25, -0.2) is 0 Å².